The third-order valence-corrected chi connectivity index (χ3v) is 4.56. The topological polar surface area (TPSA) is 44.8 Å². The Hall–Kier alpha value is -2.08. The van der Waals surface area contributed by atoms with Crippen LogP contribution in [0.25, 0.3) is 0 Å². The number of benzene rings is 2. The third kappa shape index (κ3) is 5.21. The largest absolute Gasteiger partial charge is 0.378 e. The zero-order valence-electron chi connectivity index (χ0n) is 15.0. The molecule has 1 heterocycles. The minimum Gasteiger partial charge on any atom is -0.378 e. The van der Waals surface area contributed by atoms with Crippen LogP contribution in [0, 0.1) is 0 Å². The first-order valence-corrected chi connectivity index (χ1v) is 9.14. The van der Waals surface area contributed by atoms with E-state index in [4.69, 9.17) is 16.3 Å². The van der Waals surface area contributed by atoms with Gasteiger partial charge in [0, 0.05) is 24.7 Å². The molecule has 2 aromatic carbocycles. The maximum Gasteiger partial charge on any atom is 0.238 e. The molecule has 0 atom stereocenters. The second kappa shape index (κ2) is 9.03. The van der Waals surface area contributed by atoms with E-state index in [1.165, 1.54) is 0 Å². The van der Waals surface area contributed by atoms with E-state index in [2.05, 4.69) is 10.2 Å². The second-order valence-electron chi connectivity index (χ2n) is 6.46. The fraction of sp³-hybridized carbons (Fsp3) is 0.350. The van der Waals surface area contributed by atoms with Crippen molar-refractivity contribution in [2.75, 3.05) is 50.1 Å². The Morgan fingerprint density at radius 3 is 2.58 bits per heavy atom. The lowest BCUT2D eigenvalue weighted by Gasteiger charge is -2.30. The number of nitrogens with zero attached hydrogens (tertiary/aromatic N) is 2. The van der Waals surface area contributed by atoms with Gasteiger partial charge < -0.3 is 15.0 Å². The molecule has 1 saturated heterocycles. The van der Waals surface area contributed by atoms with E-state index in [1.807, 2.05) is 60.5 Å². The minimum absolute atomic E-state index is 0.0258. The van der Waals surface area contributed by atoms with Gasteiger partial charge in [-0.15, -0.1) is 0 Å². The lowest BCUT2D eigenvalue weighted by atomic mass is 10.2. The summed E-state index contributed by atoms with van der Waals surface area (Å²) in [6.45, 7) is 4.11. The molecular formula is C20H24ClN3O2. The Morgan fingerprint density at radius 2 is 1.85 bits per heavy atom. The summed E-state index contributed by atoms with van der Waals surface area (Å²) in [4.78, 5) is 16.7. The Labute approximate surface area is 159 Å². The molecule has 138 valence electrons. The van der Waals surface area contributed by atoms with E-state index in [0.29, 0.717) is 31.3 Å². The molecule has 1 aliphatic rings. The van der Waals surface area contributed by atoms with Crippen molar-refractivity contribution in [1.82, 2.24) is 4.90 Å². The molecule has 26 heavy (non-hydrogen) atoms. The van der Waals surface area contributed by atoms with Crippen molar-refractivity contribution in [2.24, 2.45) is 0 Å². The van der Waals surface area contributed by atoms with E-state index in [9.17, 15) is 4.79 Å². The lowest BCUT2D eigenvalue weighted by molar-refractivity contribution is -0.117. The van der Waals surface area contributed by atoms with Crippen LogP contribution < -0.4 is 10.2 Å². The third-order valence-electron chi connectivity index (χ3n) is 4.31. The fourth-order valence-electron chi connectivity index (χ4n) is 3.05. The Kier molecular flexibility index (Phi) is 6.50. The minimum atomic E-state index is -0.0258. The van der Waals surface area contributed by atoms with E-state index < -0.39 is 0 Å². The molecule has 0 saturated carbocycles. The van der Waals surface area contributed by atoms with Gasteiger partial charge in [0.05, 0.1) is 31.1 Å². The number of nitrogens with one attached hydrogen (secondary N) is 1. The van der Waals surface area contributed by atoms with Gasteiger partial charge in [0.2, 0.25) is 5.91 Å². The van der Waals surface area contributed by atoms with Crippen LogP contribution in [0.15, 0.2) is 48.5 Å². The van der Waals surface area contributed by atoms with Crippen molar-refractivity contribution in [1.29, 1.82) is 0 Å². The molecule has 0 aromatic heterocycles. The van der Waals surface area contributed by atoms with Crippen molar-refractivity contribution in [3.05, 3.63) is 59.1 Å². The first-order valence-electron chi connectivity index (χ1n) is 8.76. The van der Waals surface area contributed by atoms with Crippen LogP contribution in [0.5, 0.6) is 0 Å². The Bertz CT molecular complexity index is 730. The van der Waals surface area contributed by atoms with E-state index >= 15 is 0 Å². The van der Waals surface area contributed by atoms with Gasteiger partial charge in [-0.2, -0.15) is 0 Å². The van der Waals surface area contributed by atoms with Gasteiger partial charge in [-0.1, -0.05) is 35.9 Å². The average molecular weight is 374 g/mol. The van der Waals surface area contributed by atoms with Crippen LogP contribution >= 0.6 is 11.6 Å². The number of hydrogen-bond acceptors (Lipinski definition) is 4. The number of halogens is 1. The predicted octanol–water partition coefficient (Wildman–Crippen LogP) is 3.25. The number of carbonyl (C=O) groups is 1. The monoisotopic (exact) mass is 373 g/mol. The van der Waals surface area contributed by atoms with Gasteiger partial charge in [-0.25, -0.2) is 0 Å². The van der Waals surface area contributed by atoms with Crippen molar-refractivity contribution < 1.29 is 9.53 Å². The summed E-state index contributed by atoms with van der Waals surface area (Å²) in [6.07, 6.45) is 0. The zero-order valence-corrected chi connectivity index (χ0v) is 15.7. The maximum atomic E-state index is 12.5. The molecule has 1 fully saturated rings. The lowest BCUT2D eigenvalue weighted by Crippen LogP contribution is -2.37. The molecule has 1 aliphatic heterocycles. The Balaban J connectivity index is 1.58. The van der Waals surface area contributed by atoms with Crippen molar-refractivity contribution in [3.63, 3.8) is 0 Å². The zero-order chi connectivity index (χ0) is 18.4. The molecule has 0 unspecified atom stereocenters. The van der Waals surface area contributed by atoms with Gasteiger partial charge in [-0.3, -0.25) is 9.69 Å². The van der Waals surface area contributed by atoms with E-state index in [-0.39, 0.29) is 5.91 Å². The number of likely N-dealkylation sites (N-methyl/N-ethyl adjacent to an activating group) is 1. The number of carbonyl (C=O) groups excluding carboxylic acids is 1. The molecule has 6 heteroatoms. The highest BCUT2D eigenvalue weighted by Gasteiger charge is 2.16. The molecular weight excluding hydrogens is 350 g/mol. The Morgan fingerprint density at radius 1 is 1.15 bits per heavy atom. The summed E-state index contributed by atoms with van der Waals surface area (Å²) in [5, 5.41) is 3.77. The molecule has 2 aromatic rings. The first-order chi connectivity index (χ1) is 12.6. The van der Waals surface area contributed by atoms with Crippen LogP contribution in [0.1, 0.15) is 5.56 Å². The number of para-hydroxylation sites is 2. The number of amides is 1. The van der Waals surface area contributed by atoms with Gasteiger partial charge in [0.1, 0.15) is 0 Å². The second-order valence-corrected chi connectivity index (χ2v) is 6.90. The first kappa shape index (κ1) is 18.7. The molecule has 1 N–H and O–H groups in total. The quantitative estimate of drug-likeness (QED) is 0.844. The molecule has 0 aliphatic carbocycles. The molecule has 1 amide bonds. The summed E-state index contributed by atoms with van der Waals surface area (Å²) >= 11 is 5.91. The number of anilines is 2. The summed E-state index contributed by atoms with van der Waals surface area (Å²) in [6, 6.07) is 15.6. The smallest absolute Gasteiger partial charge is 0.238 e. The van der Waals surface area contributed by atoms with Crippen molar-refractivity contribution >= 4 is 28.9 Å². The molecule has 3 rings (SSSR count). The normalized spacial score (nSPS) is 14.5. The molecule has 5 nitrogen and oxygen atoms in total. The summed E-state index contributed by atoms with van der Waals surface area (Å²) in [5.74, 6) is -0.0258. The number of rotatable bonds is 6. The van der Waals surface area contributed by atoms with Crippen molar-refractivity contribution in [2.45, 2.75) is 6.54 Å². The van der Waals surface area contributed by atoms with Gasteiger partial charge in [-0.05, 0) is 36.9 Å². The highest BCUT2D eigenvalue weighted by Crippen LogP contribution is 2.26. The van der Waals surface area contributed by atoms with Gasteiger partial charge in [0.15, 0.2) is 0 Å². The summed E-state index contributed by atoms with van der Waals surface area (Å²) in [7, 11) is 1.93. The average Bonchev–Trinajstić information content (AvgIpc) is 2.64. The highest BCUT2D eigenvalue weighted by molar-refractivity contribution is 6.30. The van der Waals surface area contributed by atoms with Crippen molar-refractivity contribution in [3.8, 4) is 0 Å². The molecule has 0 bridgehead atoms. The predicted molar refractivity (Wildman–Crippen MR) is 106 cm³/mol. The number of hydrogen-bond donors (Lipinski definition) is 1. The maximum absolute atomic E-state index is 12.5. The SMILES string of the molecule is CN(CC(=O)Nc1ccccc1N1CCOCC1)Cc1ccc(Cl)cc1. The van der Waals surface area contributed by atoms with Crippen LogP contribution in [-0.2, 0) is 16.1 Å². The van der Waals surface area contributed by atoms with Gasteiger partial charge in [0.25, 0.3) is 0 Å². The van der Waals surface area contributed by atoms with E-state index in [0.717, 1.165) is 30.0 Å². The molecule has 0 radical (unpaired) electrons. The van der Waals surface area contributed by atoms with Crippen LogP contribution in [-0.4, -0.2) is 50.7 Å². The standard InChI is InChI=1S/C20H24ClN3O2/c1-23(14-16-6-8-17(21)9-7-16)15-20(25)22-18-4-2-3-5-19(18)24-10-12-26-13-11-24/h2-9H,10-15H2,1H3,(H,22,25). The number of ether oxygens (including phenoxy) is 1. The summed E-state index contributed by atoms with van der Waals surface area (Å²) in [5.41, 5.74) is 3.02. The molecule has 0 spiro atoms. The van der Waals surface area contributed by atoms with Gasteiger partial charge >= 0.3 is 0 Å². The highest BCUT2D eigenvalue weighted by atomic mass is 35.5. The summed E-state index contributed by atoms with van der Waals surface area (Å²) < 4.78 is 5.41. The van der Waals surface area contributed by atoms with Crippen LogP contribution in [0.4, 0.5) is 11.4 Å². The van der Waals surface area contributed by atoms with Crippen LogP contribution in [0.3, 0.4) is 0 Å². The fourth-order valence-corrected chi connectivity index (χ4v) is 3.18. The van der Waals surface area contributed by atoms with E-state index in [1.54, 1.807) is 0 Å². The van der Waals surface area contributed by atoms with Crippen LogP contribution in [0.2, 0.25) is 5.02 Å². The number of morpholine rings is 1.